The molecule has 0 radical (unpaired) electrons. The molecule has 0 heterocycles. The van der Waals surface area contributed by atoms with Crippen molar-refractivity contribution in [1.29, 1.82) is 0 Å². The van der Waals surface area contributed by atoms with E-state index in [0.29, 0.717) is 13.2 Å². The summed E-state index contributed by atoms with van der Waals surface area (Å²) in [6.45, 7) is 19.4. The molecule has 0 fully saturated rings. The molecule has 5 heteroatoms. The third kappa shape index (κ3) is 12.8. The second kappa shape index (κ2) is 20.9. The summed E-state index contributed by atoms with van der Waals surface area (Å²) in [6, 6.07) is 28.1. The van der Waals surface area contributed by atoms with Gasteiger partial charge in [-0.25, -0.2) is 0 Å². The second-order valence-electron chi connectivity index (χ2n) is 13.2. The fourth-order valence-electron chi connectivity index (χ4n) is 6.09. The molecule has 0 aliphatic rings. The van der Waals surface area contributed by atoms with Crippen LogP contribution in [-0.4, -0.2) is 22.4 Å². The van der Waals surface area contributed by atoms with Gasteiger partial charge in [0, 0.05) is 19.6 Å². The molecule has 0 aliphatic heterocycles. The van der Waals surface area contributed by atoms with Crippen molar-refractivity contribution >= 4 is 47.0 Å². The van der Waals surface area contributed by atoms with Gasteiger partial charge in [0.2, 0.25) is 0 Å². The summed E-state index contributed by atoms with van der Waals surface area (Å²) in [4.78, 5) is 5.34. The lowest BCUT2D eigenvalue weighted by Gasteiger charge is -2.22. The number of thioether (sulfide) groups is 4. The van der Waals surface area contributed by atoms with E-state index in [9.17, 15) is 0 Å². The molecule has 1 nitrogen and oxygen atoms in total. The van der Waals surface area contributed by atoms with Crippen molar-refractivity contribution < 1.29 is 4.74 Å². The molecular formula is C44H58OS4. The Morgan fingerprint density at radius 3 is 0.878 bits per heavy atom. The summed E-state index contributed by atoms with van der Waals surface area (Å²) in [5.41, 5.74) is 11.4. The molecule has 0 saturated heterocycles. The van der Waals surface area contributed by atoms with E-state index in [1.807, 2.05) is 47.0 Å². The van der Waals surface area contributed by atoms with Crippen LogP contribution in [0.2, 0.25) is 0 Å². The fourth-order valence-corrected chi connectivity index (χ4v) is 11.1. The van der Waals surface area contributed by atoms with Gasteiger partial charge in [-0.15, -0.1) is 47.0 Å². The van der Waals surface area contributed by atoms with Crippen LogP contribution in [0, 0.1) is 27.7 Å². The van der Waals surface area contributed by atoms with Crippen molar-refractivity contribution in [3.05, 3.63) is 117 Å². The molecule has 4 aromatic carbocycles. The number of hydrogen-bond donors (Lipinski definition) is 0. The van der Waals surface area contributed by atoms with E-state index in [0.717, 1.165) is 25.7 Å². The third-order valence-electron chi connectivity index (χ3n) is 8.94. The van der Waals surface area contributed by atoms with Gasteiger partial charge in [-0.3, -0.25) is 0 Å². The second-order valence-corrected chi connectivity index (χ2v) is 18.9. The van der Waals surface area contributed by atoms with Gasteiger partial charge in [0.15, 0.2) is 0 Å². The minimum Gasteiger partial charge on any atom is -0.377 e. The smallest absolute Gasteiger partial charge is 0.0829 e. The van der Waals surface area contributed by atoms with Crippen LogP contribution in [0.15, 0.2) is 92.4 Å². The van der Waals surface area contributed by atoms with Crippen LogP contribution in [0.4, 0.5) is 0 Å². The summed E-state index contributed by atoms with van der Waals surface area (Å²) in [6.07, 6.45) is 9.16. The molecule has 49 heavy (non-hydrogen) atoms. The van der Waals surface area contributed by atoms with Crippen LogP contribution >= 0.6 is 47.0 Å². The van der Waals surface area contributed by atoms with E-state index in [-0.39, 0.29) is 9.16 Å². The van der Waals surface area contributed by atoms with Gasteiger partial charge < -0.3 is 4.74 Å². The lowest BCUT2D eigenvalue weighted by molar-refractivity contribution is 0.159. The largest absolute Gasteiger partial charge is 0.377 e. The van der Waals surface area contributed by atoms with E-state index in [2.05, 4.69) is 128 Å². The van der Waals surface area contributed by atoms with Crippen molar-refractivity contribution in [1.82, 2.24) is 0 Å². The maximum atomic E-state index is 6.77. The first-order valence-corrected chi connectivity index (χ1v) is 21.9. The molecule has 264 valence electrons. The lowest BCUT2D eigenvalue weighted by atomic mass is 10.0. The van der Waals surface area contributed by atoms with Crippen molar-refractivity contribution in [3.8, 4) is 0 Å². The summed E-state index contributed by atoms with van der Waals surface area (Å²) < 4.78 is 7.26. The van der Waals surface area contributed by atoms with Gasteiger partial charge in [0.05, 0.1) is 22.4 Å². The van der Waals surface area contributed by atoms with Crippen molar-refractivity contribution in [3.63, 3.8) is 0 Å². The van der Waals surface area contributed by atoms with E-state index in [1.165, 1.54) is 89.8 Å². The van der Waals surface area contributed by atoms with Crippen molar-refractivity contribution in [2.75, 3.05) is 13.2 Å². The zero-order valence-electron chi connectivity index (χ0n) is 31.2. The minimum atomic E-state index is 0.246. The summed E-state index contributed by atoms with van der Waals surface area (Å²) in [5, 5.41) is 0. The quantitative estimate of drug-likeness (QED) is 0.0659. The van der Waals surface area contributed by atoms with E-state index in [4.69, 9.17) is 4.74 Å². The monoisotopic (exact) mass is 730 g/mol. The third-order valence-corrected chi connectivity index (χ3v) is 13.8. The van der Waals surface area contributed by atoms with Crippen LogP contribution < -0.4 is 0 Å². The normalized spacial score (nSPS) is 11.6. The van der Waals surface area contributed by atoms with Gasteiger partial charge in [-0.2, -0.15) is 0 Å². The average Bonchev–Trinajstić information content (AvgIpc) is 3.07. The Kier molecular flexibility index (Phi) is 17.1. The van der Waals surface area contributed by atoms with Crippen LogP contribution in [-0.2, 0) is 30.4 Å². The Balaban J connectivity index is 1.57. The number of rotatable bonds is 20. The first-order chi connectivity index (χ1) is 23.7. The highest BCUT2D eigenvalue weighted by Gasteiger charge is 2.19. The maximum Gasteiger partial charge on any atom is 0.0829 e. The van der Waals surface area contributed by atoms with Gasteiger partial charge in [0.25, 0.3) is 0 Å². The molecule has 0 spiro atoms. The minimum absolute atomic E-state index is 0.246. The van der Waals surface area contributed by atoms with Crippen LogP contribution in [0.25, 0.3) is 0 Å². The lowest BCUT2D eigenvalue weighted by Crippen LogP contribution is -2.15. The number of ether oxygens (including phenoxy) is 1. The molecule has 0 amide bonds. The van der Waals surface area contributed by atoms with Gasteiger partial charge in [-0.05, 0) is 146 Å². The Labute approximate surface area is 316 Å². The van der Waals surface area contributed by atoms with Crippen molar-refractivity contribution in [2.45, 2.75) is 136 Å². The highest BCUT2D eigenvalue weighted by Crippen LogP contribution is 2.40. The fraction of sp³-hybridized carbons (Fsp3) is 0.455. The van der Waals surface area contributed by atoms with Crippen LogP contribution in [0.5, 0.6) is 0 Å². The van der Waals surface area contributed by atoms with Gasteiger partial charge in [0.1, 0.15) is 0 Å². The number of benzene rings is 4. The molecule has 0 saturated carbocycles. The Morgan fingerprint density at radius 1 is 0.408 bits per heavy atom. The Hall–Kier alpha value is -1.76. The standard InChI is InChI=1S/C44H58OS4/c1-9-13-35-25-39(21-17-31(35)5)46-43(47-40-22-18-32(6)36(26-40)14-10-2)29-45-30-44(48-41-23-19-33(7)37(27-41)15-11-3)49-42-24-20-34(8)38(28-42)16-12-4/h17-28,43-44H,9-16,29-30H2,1-8H3. The summed E-state index contributed by atoms with van der Waals surface area (Å²) >= 11 is 7.83. The molecule has 0 N–H and O–H groups in total. The zero-order valence-corrected chi connectivity index (χ0v) is 34.5. The average molecular weight is 731 g/mol. The van der Waals surface area contributed by atoms with E-state index < -0.39 is 0 Å². The molecule has 0 aliphatic carbocycles. The van der Waals surface area contributed by atoms with Crippen LogP contribution in [0.3, 0.4) is 0 Å². The highest BCUT2D eigenvalue weighted by molar-refractivity contribution is 8.17. The molecule has 0 unspecified atom stereocenters. The molecule has 0 aromatic heterocycles. The van der Waals surface area contributed by atoms with Gasteiger partial charge in [-0.1, -0.05) is 77.6 Å². The Bertz CT molecular complexity index is 1380. The molecule has 0 bridgehead atoms. The summed E-state index contributed by atoms with van der Waals surface area (Å²) in [7, 11) is 0. The Morgan fingerprint density at radius 2 is 0.653 bits per heavy atom. The predicted molar refractivity (Wildman–Crippen MR) is 223 cm³/mol. The highest BCUT2D eigenvalue weighted by atomic mass is 32.2. The maximum absolute atomic E-state index is 6.77. The number of hydrogen-bond acceptors (Lipinski definition) is 5. The molecule has 0 atom stereocenters. The molecule has 4 rings (SSSR count). The van der Waals surface area contributed by atoms with Gasteiger partial charge >= 0.3 is 0 Å². The summed E-state index contributed by atoms with van der Waals surface area (Å²) in [5.74, 6) is 0. The number of aryl methyl sites for hydroxylation is 8. The molecular weight excluding hydrogens is 673 g/mol. The molecule has 4 aromatic rings. The van der Waals surface area contributed by atoms with Crippen LogP contribution in [0.1, 0.15) is 97.9 Å². The first-order valence-electron chi connectivity index (χ1n) is 18.3. The van der Waals surface area contributed by atoms with Crippen molar-refractivity contribution in [2.24, 2.45) is 0 Å². The zero-order chi connectivity index (χ0) is 35.2. The van der Waals surface area contributed by atoms with E-state index >= 15 is 0 Å². The topological polar surface area (TPSA) is 9.23 Å². The predicted octanol–water partition coefficient (Wildman–Crippen LogP) is 13.9. The first kappa shape index (κ1) is 40.0. The van der Waals surface area contributed by atoms with E-state index in [1.54, 1.807) is 0 Å². The SMILES string of the molecule is CCCc1cc(SC(COCC(Sc2ccc(C)c(CCC)c2)Sc2ccc(C)c(CCC)c2)Sc2ccc(C)c(CCC)c2)ccc1C.